The number of rotatable bonds is 0. The quantitative estimate of drug-likeness (QED) is 0.527. The maximum atomic E-state index is 2.23. The van der Waals surface area contributed by atoms with E-state index in [-0.39, 0.29) is 19.8 Å². The van der Waals surface area contributed by atoms with E-state index in [4.69, 9.17) is 0 Å². The van der Waals surface area contributed by atoms with Crippen LogP contribution in [0.15, 0.2) is 0 Å². The van der Waals surface area contributed by atoms with Gasteiger partial charge >= 0.3 is 0 Å². The van der Waals surface area contributed by atoms with Crippen molar-refractivity contribution in [1.29, 1.82) is 0 Å². The Bertz CT molecular complexity index is 27.1. The molecule has 0 heterocycles. The van der Waals surface area contributed by atoms with E-state index < -0.39 is 0 Å². The van der Waals surface area contributed by atoms with Gasteiger partial charge in [-0.25, -0.2) is 0 Å². The minimum atomic E-state index is 0. The maximum absolute atomic E-state index is 2.23. The zero-order valence-electron chi connectivity index (χ0n) is 7.30. The van der Waals surface area contributed by atoms with Gasteiger partial charge in [0.15, 0.2) is 0 Å². The molecule has 3 heteroatoms. The normalized spacial score (nSPS) is 7.20. The molecule has 0 aromatic heterocycles. The molecule has 0 aromatic rings. The van der Waals surface area contributed by atoms with E-state index in [9.17, 15) is 0 Å². The summed E-state index contributed by atoms with van der Waals surface area (Å²) in [6, 6.07) is 0. The summed E-state index contributed by atoms with van der Waals surface area (Å²) in [5, 5.41) is 0. The molecule has 0 atom stereocenters. The van der Waals surface area contributed by atoms with Crippen LogP contribution < -0.4 is 0 Å². The van der Waals surface area contributed by atoms with Crippen LogP contribution >= 0.6 is 28.3 Å². The highest BCUT2D eigenvalue weighted by molar-refractivity contribution is 7.55. The van der Waals surface area contributed by atoms with Gasteiger partial charge in [0.2, 0.25) is 0 Å². The van der Waals surface area contributed by atoms with Crippen molar-refractivity contribution in [2.75, 3.05) is 40.0 Å². The number of hydrogen-bond acceptors (Lipinski definition) is 0. The van der Waals surface area contributed by atoms with Gasteiger partial charge in [0.25, 0.3) is 0 Å². The van der Waals surface area contributed by atoms with Crippen molar-refractivity contribution in [1.82, 2.24) is 0 Å². The second kappa shape index (κ2) is 16.6. The number of hydrogen-bond donors (Lipinski definition) is 0. The van der Waals surface area contributed by atoms with Crippen molar-refractivity contribution in [3.63, 3.8) is 0 Å². The summed E-state index contributed by atoms with van der Waals surface area (Å²) in [7, 11) is 0.759. The van der Waals surface area contributed by atoms with E-state index in [1.807, 2.05) is 0 Å². The fraction of sp³-hybridized carbons (Fsp3) is 1.00. The van der Waals surface area contributed by atoms with Gasteiger partial charge in [-0.15, -0.1) is 28.3 Å². The lowest BCUT2D eigenvalue weighted by molar-refractivity contribution is 2.13. The molecule has 68 valence electrons. The van der Waals surface area contributed by atoms with Crippen LogP contribution in [0.1, 0.15) is 7.43 Å². The van der Waals surface area contributed by atoms with Crippen LogP contribution in [0.25, 0.3) is 0 Å². The van der Waals surface area contributed by atoms with Crippen LogP contribution in [0.3, 0.4) is 0 Å². The fourth-order valence-electron chi connectivity index (χ4n) is 0. The summed E-state index contributed by atoms with van der Waals surface area (Å²) >= 11 is 0. The van der Waals surface area contributed by atoms with E-state index in [0.29, 0.717) is 15.8 Å². The Morgan fingerprint density at radius 3 is 0.600 bits per heavy atom. The van der Waals surface area contributed by atoms with Gasteiger partial charge in [0.05, 0.1) is 0 Å². The van der Waals surface area contributed by atoms with E-state index in [0.717, 1.165) is 0 Å². The monoisotopic (exact) mass is 204 g/mol. The summed E-state index contributed by atoms with van der Waals surface area (Å²) in [5.74, 6) is 0. The highest BCUT2D eigenvalue weighted by Gasteiger charge is 1.66. The summed E-state index contributed by atoms with van der Waals surface area (Å²) in [5.41, 5.74) is 0. The lowest BCUT2D eigenvalue weighted by atomic mass is 11.9. The molecule has 0 bridgehead atoms. The molecule has 10 heavy (non-hydrogen) atoms. The first kappa shape index (κ1) is 22.5. The van der Waals surface area contributed by atoms with E-state index in [2.05, 4.69) is 40.0 Å². The third-order valence-electron chi connectivity index (χ3n) is 0. The highest BCUT2D eigenvalue weighted by atomic mass is 35.5. The molecule has 0 aliphatic rings. The standard InChI is InChI=1S/2C3H9P.CH4.ClH/c2*1-4(2)3;;/h2*1-3H3;1H4;1H. The molecule has 0 fully saturated rings. The zero-order chi connectivity index (χ0) is 7.15. The molecule has 0 saturated carbocycles. The van der Waals surface area contributed by atoms with Crippen molar-refractivity contribution in [2.45, 2.75) is 7.43 Å². The van der Waals surface area contributed by atoms with E-state index >= 15 is 0 Å². The van der Waals surface area contributed by atoms with E-state index in [1.54, 1.807) is 0 Å². The van der Waals surface area contributed by atoms with Crippen LogP contribution in [0, 0.1) is 0 Å². The molecule has 0 nitrogen and oxygen atoms in total. The van der Waals surface area contributed by atoms with Crippen molar-refractivity contribution >= 4 is 28.3 Å². The molecule has 0 radical (unpaired) electrons. The van der Waals surface area contributed by atoms with Crippen LogP contribution in [-0.4, -0.2) is 40.0 Å². The SMILES string of the molecule is C.CP(C)C.CP(C)C.Cl. The highest BCUT2D eigenvalue weighted by Crippen LogP contribution is 2.14. The van der Waals surface area contributed by atoms with Crippen LogP contribution in [0.4, 0.5) is 0 Å². The smallest absolute Gasteiger partial charge is 0.0449 e. The lowest BCUT2D eigenvalue weighted by Crippen LogP contribution is -1.48. The third-order valence-corrected chi connectivity index (χ3v) is 0. The molecule has 0 spiro atoms. The molecule has 0 unspecified atom stereocenters. The second-order valence-corrected chi connectivity index (χ2v) is 8.05. The van der Waals surface area contributed by atoms with Crippen molar-refractivity contribution < 1.29 is 0 Å². The minimum absolute atomic E-state index is 0. The summed E-state index contributed by atoms with van der Waals surface area (Å²) in [4.78, 5) is 0. The topological polar surface area (TPSA) is 0 Å². The van der Waals surface area contributed by atoms with Gasteiger partial charge in [-0.1, -0.05) is 7.43 Å². The van der Waals surface area contributed by atoms with E-state index in [1.165, 1.54) is 0 Å². The Morgan fingerprint density at radius 2 is 0.600 bits per heavy atom. The van der Waals surface area contributed by atoms with Crippen molar-refractivity contribution in [2.24, 2.45) is 0 Å². The van der Waals surface area contributed by atoms with Crippen LogP contribution in [-0.2, 0) is 0 Å². The Labute approximate surface area is 76.1 Å². The van der Waals surface area contributed by atoms with Gasteiger partial charge in [0, 0.05) is 0 Å². The Hall–Kier alpha value is 1.15. The molecule has 0 N–H and O–H groups in total. The molecular formula is C7H23ClP2. The molecule has 0 rings (SSSR count). The molecule has 0 aliphatic heterocycles. The second-order valence-electron chi connectivity index (χ2n) is 2.68. The third kappa shape index (κ3) is 460. The average Bonchev–Trinajstić information content (AvgIpc) is 1.25. The van der Waals surface area contributed by atoms with Gasteiger partial charge in [0.1, 0.15) is 0 Å². The molecule has 0 aliphatic carbocycles. The maximum Gasteiger partial charge on any atom is -0.0449 e. The predicted octanol–water partition coefficient (Wildman–Crippen LogP) is 3.77. The summed E-state index contributed by atoms with van der Waals surface area (Å²) < 4.78 is 0. The average molecular weight is 205 g/mol. The molecule has 0 aromatic carbocycles. The first-order valence-electron chi connectivity index (χ1n) is 2.68. The Kier molecular flexibility index (Phi) is 37.4. The minimum Gasteiger partial charge on any atom is -0.147 e. The summed E-state index contributed by atoms with van der Waals surface area (Å²) in [6.07, 6.45) is 0. The zero-order valence-corrected chi connectivity index (χ0v) is 9.91. The van der Waals surface area contributed by atoms with Gasteiger partial charge in [-0.3, -0.25) is 0 Å². The van der Waals surface area contributed by atoms with Crippen molar-refractivity contribution in [3.05, 3.63) is 0 Å². The van der Waals surface area contributed by atoms with Crippen LogP contribution in [0.5, 0.6) is 0 Å². The molecule has 0 saturated heterocycles. The first-order valence-corrected chi connectivity index (χ1v) is 8.05. The van der Waals surface area contributed by atoms with Gasteiger partial charge in [-0.2, -0.15) is 0 Å². The molecule has 0 amide bonds. The Morgan fingerprint density at radius 1 is 0.600 bits per heavy atom. The molecular weight excluding hydrogens is 181 g/mol. The number of halogens is 1. The van der Waals surface area contributed by atoms with Gasteiger partial charge < -0.3 is 0 Å². The van der Waals surface area contributed by atoms with Crippen molar-refractivity contribution in [3.8, 4) is 0 Å². The largest absolute Gasteiger partial charge is 0.147 e. The first-order chi connectivity index (χ1) is 3.46. The fourth-order valence-corrected chi connectivity index (χ4v) is 0. The van der Waals surface area contributed by atoms with Gasteiger partial charge in [-0.05, 0) is 40.0 Å². The van der Waals surface area contributed by atoms with Crippen LogP contribution in [0.2, 0.25) is 0 Å². The lowest BCUT2D eigenvalue weighted by Gasteiger charge is -1.81. The predicted molar refractivity (Wildman–Crippen MR) is 63.4 cm³/mol. The summed E-state index contributed by atoms with van der Waals surface area (Å²) in [6.45, 7) is 13.4. The Balaban J connectivity index is -0.0000000300.